The predicted molar refractivity (Wildman–Crippen MR) is 77.7 cm³/mol. The third kappa shape index (κ3) is 3.09. The number of piperidine rings is 1. The second-order valence-corrected chi connectivity index (χ2v) is 6.04. The predicted octanol–water partition coefficient (Wildman–Crippen LogP) is 1.21. The molecule has 1 N–H and O–H groups in total. The average Bonchev–Trinajstić information content (AvgIpc) is 2.78. The average molecular weight is 293 g/mol. The van der Waals surface area contributed by atoms with Gasteiger partial charge in [0, 0.05) is 25.7 Å². The third-order valence-corrected chi connectivity index (χ3v) is 4.33. The van der Waals surface area contributed by atoms with Crippen molar-refractivity contribution in [2.45, 2.75) is 40.0 Å². The summed E-state index contributed by atoms with van der Waals surface area (Å²) in [5, 5.41) is 6.57. The molecule has 2 rings (SSSR count). The van der Waals surface area contributed by atoms with Gasteiger partial charge in [-0.25, -0.2) is 0 Å². The first kappa shape index (κ1) is 15.5. The summed E-state index contributed by atoms with van der Waals surface area (Å²) >= 11 is 0. The van der Waals surface area contributed by atoms with Gasteiger partial charge in [-0.15, -0.1) is 0 Å². The highest BCUT2D eigenvalue weighted by molar-refractivity contribution is 5.84. The van der Waals surface area contributed by atoms with E-state index < -0.39 is 5.41 Å². The number of carbonyl (C=O) groups excluding carboxylic acids is 2. The summed E-state index contributed by atoms with van der Waals surface area (Å²) in [7, 11) is 1.64. The number of aryl methyl sites for hydroxylation is 2. The van der Waals surface area contributed by atoms with E-state index in [1.54, 1.807) is 11.9 Å². The first-order valence-electron chi connectivity index (χ1n) is 7.29. The van der Waals surface area contributed by atoms with Crippen LogP contribution in [0.25, 0.3) is 0 Å². The topological polar surface area (TPSA) is 75.4 Å². The molecule has 0 bridgehead atoms. The second kappa shape index (κ2) is 5.87. The Balaban J connectivity index is 2.08. The summed E-state index contributed by atoms with van der Waals surface area (Å²) in [6, 6.07) is 0. The fourth-order valence-electron chi connectivity index (χ4n) is 2.96. The molecule has 1 aliphatic rings. The lowest BCUT2D eigenvalue weighted by atomic mass is 9.81. The van der Waals surface area contributed by atoms with Crippen LogP contribution >= 0.6 is 0 Å². The molecule has 0 radical (unpaired) electrons. The quantitative estimate of drug-likeness (QED) is 0.909. The summed E-state index contributed by atoms with van der Waals surface area (Å²) in [6.45, 7) is 6.74. The molecule has 1 aromatic heterocycles. The van der Waals surface area contributed by atoms with E-state index in [2.05, 4.69) is 10.5 Å². The van der Waals surface area contributed by atoms with Crippen LogP contribution in [0.3, 0.4) is 0 Å². The summed E-state index contributed by atoms with van der Waals surface area (Å²) < 4.78 is 5.10. The molecule has 1 saturated heterocycles. The minimum absolute atomic E-state index is 0.00246. The zero-order chi connectivity index (χ0) is 15.6. The number of hydrogen-bond donors (Lipinski definition) is 1. The zero-order valence-electron chi connectivity index (χ0n) is 13.2. The van der Waals surface area contributed by atoms with Crippen molar-refractivity contribution >= 4 is 11.8 Å². The molecule has 1 fully saturated rings. The largest absolute Gasteiger partial charge is 0.361 e. The van der Waals surface area contributed by atoms with E-state index in [4.69, 9.17) is 4.52 Å². The van der Waals surface area contributed by atoms with Crippen LogP contribution in [0.2, 0.25) is 0 Å². The Morgan fingerprint density at radius 3 is 2.71 bits per heavy atom. The van der Waals surface area contributed by atoms with E-state index in [0.29, 0.717) is 18.8 Å². The molecule has 6 heteroatoms. The maximum Gasteiger partial charge on any atom is 0.227 e. The number of aromatic nitrogens is 1. The van der Waals surface area contributed by atoms with Gasteiger partial charge >= 0.3 is 0 Å². The summed E-state index contributed by atoms with van der Waals surface area (Å²) in [5.41, 5.74) is 1.11. The molecule has 0 unspecified atom stereocenters. The van der Waals surface area contributed by atoms with Gasteiger partial charge in [0.25, 0.3) is 0 Å². The summed E-state index contributed by atoms with van der Waals surface area (Å²) in [5.74, 6) is 0.712. The van der Waals surface area contributed by atoms with E-state index in [1.807, 2.05) is 20.8 Å². The second-order valence-electron chi connectivity index (χ2n) is 6.04. The molecule has 0 aromatic carbocycles. The lowest BCUT2D eigenvalue weighted by molar-refractivity contribution is -0.139. The summed E-state index contributed by atoms with van der Waals surface area (Å²) in [4.78, 5) is 26.3. The number of nitrogens with one attached hydrogen (secondary N) is 1. The number of amides is 2. The van der Waals surface area contributed by atoms with Gasteiger partial charge in [0.1, 0.15) is 5.76 Å². The van der Waals surface area contributed by atoms with E-state index in [0.717, 1.165) is 24.1 Å². The van der Waals surface area contributed by atoms with Crippen LogP contribution in [0.15, 0.2) is 4.52 Å². The SMILES string of the molecule is CNC(=O)[C@@]1(C)CCCN(C(=O)Cc2c(C)noc2C)C1. The molecule has 116 valence electrons. The normalized spacial score (nSPS) is 22.2. The van der Waals surface area contributed by atoms with Gasteiger partial charge in [-0.3, -0.25) is 9.59 Å². The van der Waals surface area contributed by atoms with Crippen molar-refractivity contribution in [1.29, 1.82) is 0 Å². The van der Waals surface area contributed by atoms with Crippen molar-refractivity contribution in [1.82, 2.24) is 15.4 Å². The molecule has 0 spiro atoms. The lowest BCUT2D eigenvalue weighted by Gasteiger charge is -2.39. The zero-order valence-corrected chi connectivity index (χ0v) is 13.2. The molecular weight excluding hydrogens is 270 g/mol. The highest BCUT2D eigenvalue weighted by Crippen LogP contribution is 2.30. The van der Waals surface area contributed by atoms with E-state index in [1.165, 1.54) is 0 Å². The van der Waals surface area contributed by atoms with Gasteiger partial charge in [0.05, 0.1) is 17.5 Å². The molecule has 6 nitrogen and oxygen atoms in total. The van der Waals surface area contributed by atoms with Gasteiger partial charge in [-0.1, -0.05) is 5.16 Å². The molecule has 0 saturated carbocycles. The van der Waals surface area contributed by atoms with Crippen molar-refractivity contribution < 1.29 is 14.1 Å². The fraction of sp³-hybridized carbons (Fsp3) is 0.667. The molecule has 21 heavy (non-hydrogen) atoms. The van der Waals surface area contributed by atoms with Crippen LogP contribution in [0.4, 0.5) is 0 Å². The van der Waals surface area contributed by atoms with Crippen LogP contribution in [-0.4, -0.2) is 42.0 Å². The molecule has 1 atom stereocenters. The molecule has 0 aliphatic carbocycles. The van der Waals surface area contributed by atoms with Crippen LogP contribution in [-0.2, 0) is 16.0 Å². The highest BCUT2D eigenvalue weighted by atomic mass is 16.5. The van der Waals surface area contributed by atoms with Crippen LogP contribution in [0, 0.1) is 19.3 Å². The molecular formula is C15H23N3O3. The van der Waals surface area contributed by atoms with Gasteiger partial charge < -0.3 is 14.7 Å². The smallest absolute Gasteiger partial charge is 0.227 e. The van der Waals surface area contributed by atoms with Crippen molar-refractivity contribution in [2.24, 2.45) is 5.41 Å². The van der Waals surface area contributed by atoms with Crippen LogP contribution < -0.4 is 5.32 Å². The monoisotopic (exact) mass is 293 g/mol. The van der Waals surface area contributed by atoms with E-state index >= 15 is 0 Å². The number of rotatable bonds is 3. The first-order chi connectivity index (χ1) is 9.87. The Kier molecular flexibility index (Phi) is 4.34. The minimum Gasteiger partial charge on any atom is -0.361 e. The van der Waals surface area contributed by atoms with E-state index in [9.17, 15) is 9.59 Å². The van der Waals surface area contributed by atoms with Crippen molar-refractivity contribution in [3.63, 3.8) is 0 Å². The Labute approximate surface area is 124 Å². The Bertz CT molecular complexity index is 533. The van der Waals surface area contributed by atoms with Crippen molar-refractivity contribution in [2.75, 3.05) is 20.1 Å². The molecule has 1 aliphatic heterocycles. The number of nitrogens with zero attached hydrogens (tertiary/aromatic N) is 2. The van der Waals surface area contributed by atoms with Gasteiger partial charge in [-0.2, -0.15) is 0 Å². The number of likely N-dealkylation sites (tertiary alicyclic amines) is 1. The standard InChI is InChI=1S/C15H23N3O3/c1-10-12(11(2)21-17-10)8-13(19)18-7-5-6-15(3,9-18)14(20)16-4/h5-9H2,1-4H3,(H,16,20)/t15-/m0/s1. The van der Waals surface area contributed by atoms with Crippen molar-refractivity contribution in [3.05, 3.63) is 17.0 Å². The Hall–Kier alpha value is -1.85. The molecule has 1 aromatic rings. The van der Waals surface area contributed by atoms with E-state index in [-0.39, 0.29) is 18.2 Å². The number of carbonyl (C=O) groups is 2. The molecule has 2 amide bonds. The Morgan fingerprint density at radius 2 is 2.14 bits per heavy atom. The Morgan fingerprint density at radius 1 is 1.43 bits per heavy atom. The van der Waals surface area contributed by atoms with Crippen molar-refractivity contribution in [3.8, 4) is 0 Å². The third-order valence-electron chi connectivity index (χ3n) is 4.33. The van der Waals surface area contributed by atoms with Crippen LogP contribution in [0.1, 0.15) is 36.8 Å². The van der Waals surface area contributed by atoms with Gasteiger partial charge in [0.2, 0.25) is 11.8 Å². The first-order valence-corrected chi connectivity index (χ1v) is 7.29. The number of hydrogen-bond acceptors (Lipinski definition) is 4. The van der Waals surface area contributed by atoms with Crippen LogP contribution in [0.5, 0.6) is 0 Å². The maximum absolute atomic E-state index is 12.5. The minimum atomic E-state index is -0.499. The fourth-order valence-corrected chi connectivity index (χ4v) is 2.96. The van der Waals surface area contributed by atoms with Gasteiger partial charge in [-0.05, 0) is 33.6 Å². The molecule has 2 heterocycles. The highest BCUT2D eigenvalue weighted by Gasteiger charge is 2.38. The maximum atomic E-state index is 12.5. The summed E-state index contributed by atoms with van der Waals surface area (Å²) in [6.07, 6.45) is 1.93. The lowest BCUT2D eigenvalue weighted by Crippen LogP contribution is -2.51. The van der Waals surface area contributed by atoms with Gasteiger partial charge in [0.15, 0.2) is 0 Å².